The molecule has 0 aliphatic carbocycles. The number of carbonyl (C=O) groups is 1. The van der Waals surface area contributed by atoms with Gasteiger partial charge in [-0.25, -0.2) is 4.79 Å². The maximum Gasteiger partial charge on any atom is 0.420 e. The zero-order valence-electron chi connectivity index (χ0n) is 11.1. The predicted octanol–water partition coefficient (Wildman–Crippen LogP) is 6.22. The van der Waals surface area contributed by atoms with Crippen molar-refractivity contribution in [2.45, 2.75) is 4.83 Å². The van der Waals surface area contributed by atoms with Crippen molar-refractivity contribution in [2.24, 2.45) is 0 Å². The first-order valence-electron chi connectivity index (χ1n) is 6.19. The number of carbonyl (C=O) groups excluding carboxylic acids is 1. The van der Waals surface area contributed by atoms with Crippen LogP contribution < -0.4 is 9.64 Å². The summed E-state index contributed by atoms with van der Waals surface area (Å²) in [6, 6.07) is 8.47. The van der Waals surface area contributed by atoms with Gasteiger partial charge in [-0.15, -0.1) is 11.3 Å². The molecule has 0 saturated carbocycles. The lowest BCUT2D eigenvalue weighted by Crippen LogP contribution is -2.37. The van der Waals surface area contributed by atoms with Gasteiger partial charge < -0.3 is 4.74 Å². The maximum absolute atomic E-state index is 12.5. The highest BCUT2D eigenvalue weighted by atomic mass is 79.9. The quantitative estimate of drug-likeness (QED) is 0.468. The number of amides is 1. The molecule has 0 saturated heterocycles. The molecule has 0 N–H and O–H groups in total. The van der Waals surface area contributed by atoms with Crippen LogP contribution >= 0.6 is 66.4 Å². The van der Waals surface area contributed by atoms with Crippen LogP contribution in [0.1, 0.15) is 0 Å². The highest BCUT2D eigenvalue weighted by Gasteiger charge is 2.22. The summed E-state index contributed by atoms with van der Waals surface area (Å²) < 4.78 is 5.40. The largest absolute Gasteiger partial charge is 0.420 e. The molecule has 118 valence electrons. The summed E-state index contributed by atoms with van der Waals surface area (Å²) in [5, 5.41) is 4.20. The molecule has 0 aliphatic heterocycles. The highest BCUT2D eigenvalue weighted by molar-refractivity contribution is 9.12. The number of hydrogen-bond donors (Lipinski definition) is 0. The Bertz CT molecular complexity index is 640. The van der Waals surface area contributed by atoms with Crippen LogP contribution in [0.2, 0.25) is 10.0 Å². The van der Waals surface area contributed by atoms with E-state index >= 15 is 0 Å². The molecule has 1 unspecified atom stereocenters. The van der Waals surface area contributed by atoms with Crippen LogP contribution in [0.15, 0.2) is 35.7 Å². The van der Waals surface area contributed by atoms with Gasteiger partial charge in [0.2, 0.25) is 0 Å². The molecule has 3 nitrogen and oxygen atoms in total. The molecule has 1 aromatic heterocycles. The third kappa shape index (κ3) is 4.86. The minimum Gasteiger partial charge on any atom is -0.410 e. The average molecular weight is 488 g/mol. The van der Waals surface area contributed by atoms with Crippen LogP contribution in [0.3, 0.4) is 0 Å². The van der Waals surface area contributed by atoms with Gasteiger partial charge in [-0.3, -0.25) is 4.90 Å². The first kappa shape index (κ1) is 18.1. The Kier molecular flexibility index (Phi) is 7.02. The topological polar surface area (TPSA) is 29.5 Å². The van der Waals surface area contributed by atoms with Gasteiger partial charge in [0.25, 0.3) is 0 Å². The number of thiophene rings is 1. The molecule has 0 radical (unpaired) electrons. The second-order valence-electron chi connectivity index (χ2n) is 4.26. The molecule has 1 aromatic carbocycles. The van der Waals surface area contributed by atoms with Crippen LogP contribution in [-0.4, -0.2) is 22.8 Å². The molecule has 1 amide bonds. The van der Waals surface area contributed by atoms with Gasteiger partial charge in [-0.2, -0.15) is 0 Å². The molecular formula is C14H11Br2Cl2NO2S. The monoisotopic (exact) mass is 485 g/mol. The van der Waals surface area contributed by atoms with E-state index in [9.17, 15) is 4.79 Å². The van der Waals surface area contributed by atoms with E-state index in [-0.39, 0.29) is 4.83 Å². The van der Waals surface area contributed by atoms with Crippen molar-refractivity contribution in [1.29, 1.82) is 0 Å². The van der Waals surface area contributed by atoms with E-state index in [2.05, 4.69) is 31.9 Å². The Morgan fingerprint density at radius 1 is 1.32 bits per heavy atom. The van der Waals surface area contributed by atoms with Crippen molar-refractivity contribution >= 4 is 77.5 Å². The molecule has 0 spiro atoms. The van der Waals surface area contributed by atoms with E-state index in [0.29, 0.717) is 22.3 Å². The van der Waals surface area contributed by atoms with E-state index in [0.717, 1.165) is 10.3 Å². The summed E-state index contributed by atoms with van der Waals surface area (Å²) in [7, 11) is 0. The molecule has 2 rings (SSSR count). The van der Waals surface area contributed by atoms with Gasteiger partial charge in [0.05, 0.1) is 10.0 Å². The predicted molar refractivity (Wildman–Crippen MR) is 101 cm³/mol. The third-order valence-corrected chi connectivity index (χ3v) is 6.53. The molecule has 22 heavy (non-hydrogen) atoms. The van der Waals surface area contributed by atoms with Crippen molar-refractivity contribution < 1.29 is 9.53 Å². The fraction of sp³-hybridized carbons (Fsp3) is 0.214. The maximum atomic E-state index is 12.5. The zero-order valence-corrected chi connectivity index (χ0v) is 16.6. The third-order valence-electron chi connectivity index (χ3n) is 2.64. The molecule has 1 heterocycles. The second-order valence-corrected chi connectivity index (χ2v) is 7.94. The van der Waals surface area contributed by atoms with E-state index in [1.54, 1.807) is 17.0 Å². The van der Waals surface area contributed by atoms with Crippen molar-refractivity contribution in [3.8, 4) is 5.75 Å². The molecular weight excluding hydrogens is 477 g/mol. The van der Waals surface area contributed by atoms with Gasteiger partial charge >= 0.3 is 6.09 Å². The van der Waals surface area contributed by atoms with Crippen LogP contribution in [0.4, 0.5) is 9.80 Å². The van der Waals surface area contributed by atoms with Crippen LogP contribution in [0, 0.1) is 0 Å². The van der Waals surface area contributed by atoms with Gasteiger partial charge in [0, 0.05) is 22.8 Å². The van der Waals surface area contributed by atoms with Gasteiger partial charge in [0.1, 0.15) is 10.8 Å². The summed E-state index contributed by atoms with van der Waals surface area (Å²) in [6.45, 7) is 0.478. The van der Waals surface area contributed by atoms with Crippen molar-refractivity contribution in [1.82, 2.24) is 0 Å². The number of alkyl halides is 2. The summed E-state index contributed by atoms with van der Waals surface area (Å²) in [4.78, 5) is 14.1. The number of ether oxygens (including phenoxy) is 1. The molecule has 0 aliphatic rings. The molecule has 2 aromatic rings. The first-order chi connectivity index (χ1) is 10.5. The van der Waals surface area contributed by atoms with E-state index < -0.39 is 6.09 Å². The fourth-order valence-corrected chi connectivity index (χ4v) is 3.13. The Labute approximate surface area is 159 Å². The number of anilines is 1. The number of benzene rings is 1. The average Bonchev–Trinajstić information content (AvgIpc) is 3.02. The van der Waals surface area contributed by atoms with E-state index in [1.165, 1.54) is 17.4 Å². The normalized spacial score (nSPS) is 12.0. The molecule has 0 fully saturated rings. The van der Waals surface area contributed by atoms with Crippen LogP contribution in [-0.2, 0) is 0 Å². The van der Waals surface area contributed by atoms with Crippen molar-refractivity contribution in [3.05, 3.63) is 45.8 Å². The minimum absolute atomic E-state index is 0.107. The van der Waals surface area contributed by atoms with Gasteiger partial charge in [-0.05, 0) is 29.6 Å². The van der Waals surface area contributed by atoms with Gasteiger partial charge in [-0.1, -0.05) is 55.1 Å². The molecule has 8 heteroatoms. The van der Waals surface area contributed by atoms with Crippen molar-refractivity contribution in [3.63, 3.8) is 0 Å². The lowest BCUT2D eigenvalue weighted by molar-refractivity contribution is 0.208. The van der Waals surface area contributed by atoms with Crippen LogP contribution in [0.5, 0.6) is 5.75 Å². The Balaban J connectivity index is 2.16. The van der Waals surface area contributed by atoms with Crippen LogP contribution in [0.25, 0.3) is 0 Å². The number of rotatable bonds is 5. The number of halogens is 4. The van der Waals surface area contributed by atoms with Crippen molar-refractivity contribution in [2.75, 3.05) is 16.8 Å². The lowest BCUT2D eigenvalue weighted by Gasteiger charge is -2.22. The fourth-order valence-electron chi connectivity index (χ4n) is 1.62. The number of nitrogens with zero attached hydrogens (tertiary/aromatic N) is 1. The lowest BCUT2D eigenvalue weighted by atomic mass is 10.3. The molecule has 0 bridgehead atoms. The Hall–Kier alpha value is -0.270. The summed E-state index contributed by atoms with van der Waals surface area (Å²) in [6.07, 6.45) is -0.466. The summed E-state index contributed by atoms with van der Waals surface area (Å²) in [5.74, 6) is 0.353. The summed E-state index contributed by atoms with van der Waals surface area (Å²) in [5.41, 5.74) is 0. The Morgan fingerprint density at radius 3 is 2.68 bits per heavy atom. The van der Waals surface area contributed by atoms with E-state index in [1.807, 2.05) is 17.5 Å². The summed E-state index contributed by atoms with van der Waals surface area (Å²) >= 11 is 20.2. The standard InChI is InChI=1S/C14H11Br2Cl2NO2S/c15-7-9(16)8-19(13-2-1-5-22-13)14(20)21-10-3-4-11(17)12(18)6-10/h1-6,9H,7-8H2. The SMILES string of the molecule is O=C(Oc1ccc(Cl)c(Cl)c1)N(CC(Br)CBr)c1cccs1. The van der Waals surface area contributed by atoms with Gasteiger partial charge in [0.15, 0.2) is 0 Å². The highest BCUT2D eigenvalue weighted by Crippen LogP contribution is 2.28. The molecule has 1 atom stereocenters. The van der Waals surface area contributed by atoms with E-state index in [4.69, 9.17) is 27.9 Å². The minimum atomic E-state index is -0.466. The second kappa shape index (κ2) is 8.55. The first-order valence-corrected chi connectivity index (χ1v) is 9.86. The Morgan fingerprint density at radius 2 is 2.09 bits per heavy atom. The zero-order chi connectivity index (χ0) is 16.1. The number of hydrogen-bond acceptors (Lipinski definition) is 3. The smallest absolute Gasteiger partial charge is 0.410 e.